The summed E-state index contributed by atoms with van der Waals surface area (Å²) < 4.78 is 5.19. The van der Waals surface area contributed by atoms with Crippen molar-refractivity contribution in [2.24, 2.45) is 11.3 Å². The summed E-state index contributed by atoms with van der Waals surface area (Å²) in [7, 11) is 1.77. The Hall–Kier alpha value is -0.0800. The molecule has 0 heterocycles. The maximum absolute atomic E-state index is 5.19. The Morgan fingerprint density at radius 1 is 1.06 bits per heavy atom. The van der Waals surface area contributed by atoms with Gasteiger partial charge >= 0.3 is 0 Å². The van der Waals surface area contributed by atoms with Gasteiger partial charge in [-0.15, -0.1) is 0 Å². The van der Waals surface area contributed by atoms with Crippen LogP contribution in [0.2, 0.25) is 0 Å². The molecule has 0 amide bonds. The third-order valence-electron chi connectivity index (χ3n) is 3.49. The van der Waals surface area contributed by atoms with Gasteiger partial charge in [-0.25, -0.2) is 0 Å². The van der Waals surface area contributed by atoms with E-state index in [0.29, 0.717) is 11.3 Å². The predicted molar refractivity (Wildman–Crippen MR) is 71.8 cm³/mol. The first-order valence-corrected chi connectivity index (χ1v) is 6.33. The van der Waals surface area contributed by atoms with Crippen molar-refractivity contribution in [2.75, 3.05) is 26.8 Å². The van der Waals surface area contributed by atoms with E-state index < -0.39 is 0 Å². The molecule has 1 unspecified atom stereocenters. The number of methoxy groups -OCH3 is 1. The molecular formula is C14H31NO. The fraction of sp³-hybridized carbons (Fsp3) is 1.00. The molecule has 98 valence electrons. The van der Waals surface area contributed by atoms with Gasteiger partial charge in [0.1, 0.15) is 0 Å². The molecule has 1 atom stereocenters. The van der Waals surface area contributed by atoms with Gasteiger partial charge < -0.3 is 4.74 Å². The van der Waals surface area contributed by atoms with Crippen LogP contribution in [0.1, 0.15) is 48.5 Å². The zero-order valence-electron chi connectivity index (χ0n) is 12.6. The monoisotopic (exact) mass is 229 g/mol. The van der Waals surface area contributed by atoms with E-state index in [2.05, 4.69) is 53.4 Å². The van der Waals surface area contributed by atoms with Gasteiger partial charge in [-0.1, -0.05) is 27.7 Å². The van der Waals surface area contributed by atoms with Gasteiger partial charge in [0.2, 0.25) is 0 Å². The first-order chi connectivity index (χ1) is 7.09. The number of rotatable bonds is 5. The zero-order valence-corrected chi connectivity index (χ0v) is 12.6. The smallest absolute Gasteiger partial charge is 0.0589 e. The highest BCUT2D eigenvalue weighted by atomic mass is 16.5. The van der Waals surface area contributed by atoms with E-state index in [4.69, 9.17) is 4.74 Å². The van der Waals surface area contributed by atoms with Crippen molar-refractivity contribution in [2.45, 2.75) is 54.0 Å². The molecule has 0 aliphatic heterocycles. The lowest BCUT2D eigenvalue weighted by Crippen LogP contribution is -2.47. The minimum atomic E-state index is 0.220. The van der Waals surface area contributed by atoms with E-state index in [1.165, 1.54) is 0 Å². The Bertz CT molecular complexity index is 188. The lowest BCUT2D eigenvalue weighted by Gasteiger charge is -2.40. The summed E-state index contributed by atoms with van der Waals surface area (Å²) in [6, 6.07) is 0. The summed E-state index contributed by atoms with van der Waals surface area (Å²) >= 11 is 0. The van der Waals surface area contributed by atoms with Gasteiger partial charge in [-0.05, 0) is 32.1 Å². The first kappa shape index (κ1) is 15.9. The molecule has 0 radical (unpaired) electrons. The molecule has 0 saturated carbocycles. The second-order valence-electron chi connectivity index (χ2n) is 6.88. The van der Waals surface area contributed by atoms with Crippen LogP contribution in [-0.2, 0) is 4.74 Å². The van der Waals surface area contributed by atoms with Crippen LogP contribution in [0.4, 0.5) is 0 Å². The highest BCUT2D eigenvalue weighted by Gasteiger charge is 2.27. The maximum atomic E-state index is 5.19. The van der Waals surface area contributed by atoms with Gasteiger partial charge in [0.15, 0.2) is 0 Å². The van der Waals surface area contributed by atoms with Crippen LogP contribution in [0.5, 0.6) is 0 Å². The third-order valence-corrected chi connectivity index (χ3v) is 3.49. The fourth-order valence-electron chi connectivity index (χ4n) is 1.51. The highest BCUT2D eigenvalue weighted by Crippen LogP contribution is 2.28. The Morgan fingerprint density at radius 3 is 1.88 bits per heavy atom. The van der Waals surface area contributed by atoms with Crippen LogP contribution >= 0.6 is 0 Å². The second-order valence-corrected chi connectivity index (χ2v) is 6.88. The van der Waals surface area contributed by atoms with Crippen molar-refractivity contribution in [1.82, 2.24) is 4.90 Å². The van der Waals surface area contributed by atoms with E-state index in [0.717, 1.165) is 19.7 Å². The van der Waals surface area contributed by atoms with Crippen LogP contribution in [0.25, 0.3) is 0 Å². The molecule has 2 heteroatoms. The van der Waals surface area contributed by atoms with Gasteiger partial charge in [0.25, 0.3) is 0 Å². The molecule has 0 saturated heterocycles. The summed E-state index contributed by atoms with van der Waals surface area (Å²) in [5.41, 5.74) is 0.592. The van der Waals surface area contributed by atoms with Crippen molar-refractivity contribution in [3.63, 3.8) is 0 Å². The van der Waals surface area contributed by atoms with Crippen LogP contribution in [0, 0.1) is 11.3 Å². The normalized spacial score (nSPS) is 15.6. The molecule has 0 aromatic carbocycles. The predicted octanol–water partition coefficient (Wildman–Crippen LogP) is 3.42. The van der Waals surface area contributed by atoms with Crippen molar-refractivity contribution >= 4 is 0 Å². The van der Waals surface area contributed by atoms with Crippen LogP contribution in [-0.4, -0.2) is 37.2 Å². The van der Waals surface area contributed by atoms with Crippen molar-refractivity contribution in [3.05, 3.63) is 0 Å². The third kappa shape index (κ3) is 5.86. The van der Waals surface area contributed by atoms with E-state index >= 15 is 0 Å². The van der Waals surface area contributed by atoms with Crippen LogP contribution < -0.4 is 0 Å². The summed E-state index contributed by atoms with van der Waals surface area (Å²) in [6.07, 6.45) is 0. The quantitative estimate of drug-likeness (QED) is 0.716. The van der Waals surface area contributed by atoms with Gasteiger partial charge in [0.05, 0.1) is 6.61 Å². The Kier molecular flexibility index (Phi) is 5.99. The minimum absolute atomic E-state index is 0.220. The summed E-state index contributed by atoms with van der Waals surface area (Å²) in [5, 5.41) is 0. The molecule has 16 heavy (non-hydrogen) atoms. The summed E-state index contributed by atoms with van der Waals surface area (Å²) in [6.45, 7) is 19.1. The summed E-state index contributed by atoms with van der Waals surface area (Å²) in [5.74, 6) is 0.684. The van der Waals surface area contributed by atoms with Crippen molar-refractivity contribution < 1.29 is 4.74 Å². The fourth-order valence-corrected chi connectivity index (χ4v) is 1.51. The van der Waals surface area contributed by atoms with Crippen molar-refractivity contribution in [3.8, 4) is 0 Å². The number of hydrogen-bond acceptors (Lipinski definition) is 2. The maximum Gasteiger partial charge on any atom is 0.0589 e. The first-order valence-electron chi connectivity index (χ1n) is 6.33. The van der Waals surface area contributed by atoms with Crippen LogP contribution in [0.3, 0.4) is 0 Å². The van der Waals surface area contributed by atoms with Gasteiger partial charge in [-0.3, -0.25) is 4.90 Å². The average Bonchev–Trinajstić information content (AvgIpc) is 2.08. The summed E-state index contributed by atoms with van der Waals surface area (Å²) in [4.78, 5) is 2.52. The Labute approximate surface area is 102 Å². The molecule has 0 N–H and O–H groups in total. The SMILES string of the molecule is COCCN(CC(C)C(C)(C)C)C(C)(C)C. The van der Waals surface area contributed by atoms with Gasteiger partial charge in [0, 0.05) is 25.7 Å². The molecule has 0 aliphatic carbocycles. The van der Waals surface area contributed by atoms with E-state index in [1.807, 2.05) is 0 Å². The Balaban J connectivity index is 4.43. The molecule has 0 bridgehead atoms. The molecule has 0 fully saturated rings. The topological polar surface area (TPSA) is 12.5 Å². The van der Waals surface area contributed by atoms with E-state index in [1.54, 1.807) is 7.11 Å². The lowest BCUT2D eigenvalue weighted by atomic mass is 9.81. The standard InChI is InChI=1S/C14H31NO/c1-12(13(2,3)4)11-15(9-10-16-8)14(5,6)7/h12H,9-11H2,1-8H3. The zero-order chi connectivity index (χ0) is 13.0. The van der Waals surface area contributed by atoms with E-state index in [9.17, 15) is 0 Å². The molecule has 0 spiro atoms. The average molecular weight is 229 g/mol. The molecular weight excluding hydrogens is 198 g/mol. The molecule has 0 aliphatic rings. The minimum Gasteiger partial charge on any atom is -0.383 e. The largest absolute Gasteiger partial charge is 0.383 e. The molecule has 0 aromatic rings. The highest BCUT2D eigenvalue weighted by molar-refractivity contribution is 4.81. The Morgan fingerprint density at radius 2 is 1.56 bits per heavy atom. The number of hydrogen-bond donors (Lipinski definition) is 0. The number of ether oxygens (including phenoxy) is 1. The molecule has 0 aromatic heterocycles. The lowest BCUT2D eigenvalue weighted by molar-refractivity contribution is 0.0551. The molecule has 2 nitrogen and oxygen atoms in total. The van der Waals surface area contributed by atoms with Crippen LogP contribution in [0.15, 0.2) is 0 Å². The van der Waals surface area contributed by atoms with E-state index in [-0.39, 0.29) is 5.54 Å². The second kappa shape index (κ2) is 6.02. The molecule has 0 rings (SSSR count). The van der Waals surface area contributed by atoms with Crippen molar-refractivity contribution in [1.29, 1.82) is 0 Å². The number of nitrogens with zero attached hydrogens (tertiary/aromatic N) is 1. The van der Waals surface area contributed by atoms with Gasteiger partial charge in [-0.2, -0.15) is 0 Å².